The lowest BCUT2D eigenvalue weighted by atomic mass is 9.99. The molecule has 0 bridgehead atoms. The van der Waals surface area contributed by atoms with Crippen LogP contribution in [0.4, 0.5) is 0 Å². The Balaban J connectivity index is 1.65. The van der Waals surface area contributed by atoms with E-state index < -0.39 is 0 Å². The van der Waals surface area contributed by atoms with Gasteiger partial charge in [-0.15, -0.1) is 0 Å². The number of phenolic OH excluding ortho intramolecular Hbond substituents is 1. The lowest BCUT2D eigenvalue weighted by molar-refractivity contribution is 0.0658. The number of methoxy groups -OCH3 is 1. The van der Waals surface area contributed by atoms with E-state index in [1.807, 2.05) is 19.2 Å². The predicted molar refractivity (Wildman–Crippen MR) is 128 cm³/mol. The fourth-order valence-electron chi connectivity index (χ4n) is 4.65. The molecule has 3 N–H and O–H groups in total. The van der Waals surface area contributed by atoms with Crippen LogP contribution in [0.3, 0.4) is 0 Å². The number of hydrogen-bond acceptors (Lipinski definition) is 8. The van der Waals surface area contributed by atoms with E-state index in [4.69, 9.17) is 15.5 Å². The standard InChI is InChI=1S/C24H32N6O3/c1-16-14-30(26-2)21(27-23(16)28-12-10-17(25)15-28)13-18-7-4-5-11-29(18)24(32)19-8-6-9-20(33-3)22(19)31/h6,8-9,13-14,17-18,31H,2,4-5,7,10-12,15,25H2,1,3H3/b21-13-/t17-,18?/m0/s1. The number of carbonyl (C=O) groups excluding carboxylic acids is 1. The third-order valence-corrected chi connectivity index (χ3v) is 6.40. The minimum Gasteiger partial charge on any atom is -0.504 e. The Morgan fingerprint density at radius 3 is 2.85 bits per heavy atom. The van der Waals surface area contributed by atoms with Crippen LogP contribution in [-0.4, -0.2) is 77.2 Å². The maximum absolute atomic E-state index is 13.4. The third-order valence-electron chi connectivity index (χ3n) is 6.40. The second-order valence-corrected chi connectivity index (χ2v) is 8.67. The summed E-state index contributed by atoms with van der Waals surface area (Å²) in [6.45, 7) is 7.91. The Bertz CT molecular complexity index is 1020. The Morgan fingerprint density at radius 1 is 1.33 bits per heavy atom. The van der Waals surface area contributed by atoms with Crippen molar-refractivity contribution in [2.45, 2.75) is 44.7 Å². The van der Waals surface area contributed by atoms with Crippen LogP contribution in [-0.2, 0) is 0 Å². The molecular weight excluding hydrogens is 420 g/mol. The van der Waals surface area contributed by atoms with Gasteiger partial charge in [-0.1, -0.05) is 6.07 Å². The average Bonchev–Trinajstić information content (AvgIpc) is 3.26. The molecule has 0 aromatic heterocycles. The van der Waals surface area contributed by atoms with Crippen LogP contribution in [0, 0.1) is 0 Å². The van der Waals surface area contributed by atoms with Gasteiger partial charge in [0.25, 0.3) is 5.91 Å². The van der Waals surface area contributed by atoms with Gasteiger partial charge in [0.1, 0.15) is 5.84 Å². The van der Waals surface area contributed by atoms with E-state index in [0.717, 1.165) is 50.2 Å². The number of piperidine rings is 1. The minimum absolute atomic E-state index is 0.140. The number of aromatic hydroxyl groups is 1. The van der Waals surface area contributed by atoms with Crippen molar-refractivity contribution >= 4 is 18.5 Å². The van der Waals surface area contributed by atoms with Crippen molar-refractivity contribution in [1.29, 1.82) is 0 Å². The summed E-state index contributed by atoms with van der Waals surface area (Å²) in [5.41, 5.74) is 7.33. The Morgan fingerprint density at radius 2 is 2.15 bits per heavy atom. The highest BCUT2D eigenvalue weighted by Gasteiger charge is 2.31. The molecule has 0 spiro atoms. The number of para-hydroxylation sites is 1. The van der Waals surface area contributed by atoms with Gasteiger partial charge in [0.2, 0.25) is 0 Å². The highest BCUT2D eigenvalue weighted by molar-refractivity contribution is 5.99. The van der Waals surface area contributed by atoms with Crippen LogP contribution in [0.15, 0.2) is 52.0 Å². The summed E-state index contributed by atoms with van der Waals surface area (Å²) in [6, 6.07) is 4.92. The number of hydrogen-bond donors (Lipinski definition) is 2. The third kappa shape index (κ3) is 4.59. The molecule has 2 fully saturated rings. The van der Waals surface area contributed by atoms with Gasteiger partial charge in [-0.3, -0.25) is 4.79 Å². The second-order valence-electron chi connectivity index (χ2n) is 8.67. The Kier molecular flexibility index (Phi) is 6.69. The van der Waals surface area contributed by atoms with Gasteiger partial charge in [0.05, 0.1) is 18.7 Å². The van der Waals surface area contributed by atoms with Gasteiger partial charge in [0, 0.05) is 44.2 Å². The second kappa shape index (κ2) is 9.66. The van der Waals surface area contributed by atoms with Gasteiger partial charge in [0.15, 0.2) is 17.3 Å². The zero-order valence-corrected chi connectivity index (χ0v) is 19.3. The molecule has 9 heteroatoms. The normalized spacial score (nSPS) is 24.6. The Labute approximate surface area is 194 Å². The minimum atomic E-state index is -0.233. The first kappa shape index (κ1) is 22.8. The molecule has 0 saturated carbocycles. The molecule has 1 unspecified atom stereocenters. The zero-order valence-electron chi connectivity index (χ0n) is 19.3. The summed E-state index contributed by atoms with van der Waals surface area (Å²) in [5.74, 6) is 1.42. The molecule has 3 heterocycles. The van der Waals surface area contributed by atoms with Crippen molar-refractivity contribution in [3.63, 3.8) is 0 Å². The van der Waals surface area contributed by atoms with Crippen molar-refractivity contribution < 1.29 is 14.6 Å². The summed E-state index contributed by atoms with van der Waals surface area (Å²) >= 11 is 0. The van der Waals surface area contributed by atoms with Crippen LogP contribution in [0.5, 0.6) is 11.5 Å². The molecule has 2 saturated heterocycles. The van der Waals surface area contributed by atoms with Crippen LogP contribution in [0.2, 0.25) is 0 Å². The average molecular weight is 453 g/mol. The van der Waals surface area contributed by atoms with E-state index in [1.165, 1.54) is 7.11 Å². The molecular formula is C24H32N6O3. The highest BCUT2D eigenvalue weighted by Crippen LogP contribution is 2.32. The number of amidine groups is 1. The number of likely N-dealkylation sites (tertiary alicyclic amines) is 2. The monoisotopic (exact) mass is 452 g/mol. The van der Waals surface area contributed by atoms with Gasteiger partial charge in [-0.05, 0) is 50.8 Å². The van der Waals surface area contributed by atoms with Crippen molar-refractivity contribution in [3.05, 3.63) is 47.4 Å². The topological polar surface area (TPSA) is 107 Å². The molecule has 0 radical (unpaired) electrons. The first-order valence-corrected chi connectivity index (χ1v) is 11.4. The quantitative estimate of drug-likeness (QED) is 0.680. The number of phenols is 1. The van der Waals surface area contributed by atoms with Gasteiger partial charge >= 0.3 is 0 Å². The lowest BCUT2D eigenvalue weighted by Crippen LogP contribution is -2.43. The highest BCUT2D eigenvalue weighted by atomic mass is 16.5. The van der Waals surface area contributed by atoms with Crippen molar-refractivity contribution in [3.8, 4) is 11.5 Å². The molecule has 1 aromatic rings. The summed E-state index contributed by atoms with van der Waals surface area (Å²) in [4.78, 5) is 22.3. The number of aliphatic imine (C=N–C) groups is 1. The van der Waals surface area contributed by atoms with E-state index in [0.29, 0.717) is 12.4 Å². The lowest BCUT2D eigenvalue weighted by Gasteiger charge is -2.35. The number of nitrogens with zero attached hydrogens (tertiary/aromatic N) is 5. The number of hydrazone groups is 1. The fourth-order valence-corrected chi connectivity index (χ4v) is 4.65. The summed E-state index contributed by atoms with van der Waals surface area (Å²) in [5, 5.41) is 16.3. The molecule has 4 rings (SSSR count). The number of nitrogens with two attached hydrogens (primary N) is 1. The predicted octanol–water partition coefficient (Wildman–Crippen LogP) is 2.50. The number of amides is 1. The molecule has 2 atom stereocenters. The van der Waals surface area contributed by atoms with Crippen LogP contribution in [0.25, 0.3) is 0 Å². The fraction of sp³-hybridized carbons (Fsp3) is 0.458. The number of benzene rings is 1. The molecule has 1 aromatic carbocycles. The summed E-state index contributed by atoms with van der Waals surface area (Å²) < 4.78 is 5.18. The van der Waals surface area contributed by atoms with E-state index >= 15 is 0 Å². The van der Waals surface area contributed by atoms with E-state index in [9.17, 15) is 9.90 Å². The number of ether oxygens (including phenoxy) is 1. The maximum Gasteiger partial charge on any atom is 0.258 e. The van der Waals surface area contributed by atoms with Gasteiger partial charge < -0.3 is 25.4 Å². The zero-order chi connectivity index (χ0) is 23.5. The summed E-state index contributed by atoms with van der Waals surface area (Å²) in [7, 11) is 1.47. The van der Waals surface area contributed by atoms with Gasteiger partial charge in [-0.25, -0.2) is 10.0 Å². The molecule has 9 nitrogen and oxygen atoms in total. The van der Waals surface area contributed by atoms with Gasteiger partial charge in [-0.2, -0.15) is 5.10 Å². The van der Waals surface area contributed by atoms with E-state index in [2.05, 4.69) is 16.7 Å². The molecule has 3 aliphatic heterocycles. The maximum atomic E-state index is 13.4. The van der Waals surface area contributed by atoms with E-state index in [-0.39, 0.29) is 35.1 Å². The number of rotatable bonds is 4. The largest absolute Gasteiger partial charge is 0.504 e. The first-order chi connectivity index (χ1) is 15.9. The first-order valence-electron chi connectivity index (χ1n) is 11.4. The SMILES string of the molecule is C=NN1C=C(C)C(N2CC[C@H](N)C2)=N/C1=C/C1CCCCN1C(=O)c1cccc(OC)c1O. The summed E-state index contributed by atoms with van der Waals surface area (Å²) in [6.07, 6.45) is 7.52. The molecule has 176 valence electrons. The van der Waals surface area contributed by atoms with Crippen LogP contribution >= 0.6 is 0 Å². The Hall–Kier alpha value is -3.33. The molecule has 3 aliphatic rings. The smallest absolute Gasteiger partial charge is 0.258 e. The van der Waals surface area contributed by atoms with Crippen LogP contribution < -0.4 is 10.5 Å². The molecule has 1 amide bonds. The number of carbonyl (C=O) groups is 1. The molecule has 33 heavy (non-hydrogen) atoms. The van der Waals surface area contributed by atoms with Crippen molar-refractivity contribution in [1.82, 2.24) is 14.8 Å². The van der Waals surface area contributed by atoms with E-state index in [1.54, 1.807) is 28.1 Å². The van der Waals surface area contributed by atoms with Crippen molar-refractivity contribution in [2.75, 3.05) is 26.7 Å². The van der Waals surface area contributed by atoms with Crippen LogP contribution in [0.1, 0.15) is 43.0 Å². The van der Waals surface area contributed by atoms with Crippen molar-refractivity contribution in [2.24, 2.45) is 15.8 Å². The molecule has 0 aliphatic carbocycles.